The molecule has 100 valence electrons. The smallest absolute Gasteiger partial charge is 0.231 e. The highest BCUT2D eigenvalue weighted by molar-refractivity contribution is 5.51. The second kappa shape index (κ2) is 4.81. The van der Waals surface area contributed by atoms with Gasteiger partial charge in [0.1, 0.15) is 12.4 Å². The van der Waals surface area contributed by atoms with Crippen LogP contribution in [0.2, 0.25) is 0 Å². The van der Waals surface area contributed by atoms with Gasteiger partial charge >= 0.3 is 0 Å². The van der Waals surface area contributed by atoms with Crippen molar-refractivity contribution in [2.24, 2.45) is 12.8 Å². The first-order valence-corrected chi connectivity index (χ1v) is 5.98. The molecule has 1 aromatic carbocycles. The maximum absolute atomic E-state index is 5.80. The SMILES string of the molecule is Cn1cncc1COc1cc2c(cc1CN)OCO2. The number of benzene rings is 1. The molecule has 19 heavy (non-hydrogen) atoms. The van der Waals surface area contributed by atoms with Crippen molar-refractivity contribution >= 4 is 0 Å². The van der Waals surface area contributed by atoms with Crippen molar-refractivity contribution < 1.29 is 14.2 Å². The van der Waals surface area contributed by atoms with Crippen molar-refractivity contribution in [1.29, 1.82) is 0 Å². The lowest BCUT2D eigenvalue weighted by Crippen LogP contribution is -2.05. The molecular weight excluding hydrogens is 246 g/mol. The number of aromatic nitrogens is 2. The molecule has 0 unspecified atom stereocenters. The zero-order valence-electron chi connectivity index (χ0n) is 10.6. The topological polar surface area (TPSA) is 71.5 Å². The average molecular weight is 261 g/mol. The van der Waals surface area contributed by atoms with Crippen molar-refractivity contribution in [1.82, 2.24) is 9.55 Å². The van der Waals surface area contributed by atoms with Crippen LogP contribution in [0, 0.1) is 0 Å². The molecule has 1 aliphatic heterocycles. The van der Waals surface area contributed by atoms with Crippen LogP contribution in [0.3, 0.4) is 0 Å². The number of hydrogen-bond acceptors (Lipinski definition) is 5. The van der Waals surface area contributed by atoms with Crippen LogP contribution in [0.15, 0.2) is 24.7 Å². The quantitative estimate of drug-likeness (QED) is 0.895. The molecule has 2 N–H and O–H groups in total. The summed E-state index contributed by atoms with van der Waals surface area (Å²) in [5.41, 5.74) is 7.61. The van der Waals surface area contributed by atoms with Crippen LogP contribution in [-0.4, -0.2) is 16.3 Å². The highest BCUT2D eigenvalue weighted by Crippen LogP contribution is 2.38. The summed E-state index contributed by atoms with van der Waals surface area (Å²) in [6, 6.07) is 3.68. The molecule has 2 aromatic rings. The second-order valence-corrected chi connectivity index (χ2v) is 4.30. The molecule has 1 aliphatic rings. The Morgan fingerprint density at radius 1 is 1.37 bits per heavy atom. The van der Waals surface area contributed by atoms with Gasteiger partial charge in [0.25, 0.3) is 0 Å². The Morgan fingerprint density at radius 2 is 2.16 bits per heavy atom. The van der Waals surface area contributed by atoms with Crippen molar-refractivity contribution in [3.05, 3.63) is 35.9 Å². The van der Waals surface area contributed by atoms with E-state index in [2.05, 4.69) is 4.98 Å². The van der Waals surface area contributed by atoms with E-state index in [1.165, 1.54) is 0 Å². The zero-order valence-corrected chi connectivity index (χ0v) is 10.6. The minimum atomic E-state index is 0.241. The largest absolute Gasteiger partial charge is 0.487 e. The number of imidazole rings is 1. The number of rotatable bonds is 4. The van der Waals surface area contributed by atoms with E-state index >= 15 is 0 Å². The summed E-state index contributed by atoms with van der Waals surface area (Å²) >= 11 is 0. The van der Waals surface area contributed by atoms with Crippen molar-refractivity contribution in [3.8, 4) is 17.2 Å². The summed E-state index contributed by atoms with van der Waals surface area (Å²) in [5.74, 6) is 2.12. The van der Waals surface area contributed by atoms with Gasteiger partial charge < -0.3 is 24.5 Å². The number of fused-ring (bicyclic) bond motifs is 1. The number of aryl methyl sites for hydroxylation is 1. The van der Waals surface area contributed by atoms with E-state index in [1.807, 2.05) is 23.7 Å². The minimum absolute atomic E-state index is 0.241. The highest BCUT2D eigenvalue weighted by atomic mass is 16.7. The predicted molar refractivity (Wildman–Crippen MR) is 68.0 cm³/mol. The maximum Gasteiger partial charge on any atom is 0.231 e. The molecule has 3 rings (SSSR count). The summed E-state index contributed by atoms with van der Waals surface area (Å²) in [6.45, 7) is 1.06. The van der Waals surface area contributed by atoms with Crippen LogP contribution in [-0.2, 0) is 20.2 Å². The molecule has 0 fully saturated rings. The second-order valence-electron chi connectivity index (χ2n) is 4.30. The number of ether oxygens (including phenoxy) is 3. The molecule has 2 heterocycles. The fraction of sp³-hybridized carbons (Fsp3) is 0.308. The first-order valence-electron chi connectivity index (χ1n) is 5.98. The lowest BCUT2D eigenvalue weighted by Gasteiger charge is -2.11. The molecule has 0 radical (unpaired) electrons. The Balaban J connectivity index is 1.82. The van der Waals surface area contributed by atoms with E-state index in [4.69, 9.17) is 19.9 Å². The third kappa shape index (κ3) is 2.22. The van der Waals surface area contributed by atoms with Gasteiger partial charge in [0, 0.05) is 25.2 Å². The molecular formula is C13H15N3O3. The van der Waals surface area contributed by atoms with Crippen molar-refractivity contribution in [2.75, 3.05) is 6.79 Å². The van der Waals surface area contributed by atoms with E-state index in [1.54, 1.807) is 12.5 Å². The van der Waals surface area contributed by atoms with Gasteiger partial charge in [0.2, 0.25) is 6.79 Å². The summed E-state index contributed by atoms with van der Waals surface area (Å²) < 4.78 is 18.4. The van der Waals surface area contributed by atoms with Crippen LogP contribution in [0.25, 0.3) is 0 Å². The average Bonchev–Trinajstić information content (AvgIpc) is 3.03. The normalized spacial score (nSPS) is 12.7. The standard InChI is InChI=1S/C13H15N3O3/c1-16-7-15-5-10(16)6-17-11-3-13-12(18-8-19-13)2-9(11)4-14/h2-3,5,7H,4,6,8,14H2,1H3. The lowest BCUT2D eigenvalue weighted by atomic mass is 10.2. The molecule has 0 amide bonds. The minimum Gasteiger partial charge on any atom is -0.487 e. The summed E-state index contributed by atoms with van der Waals surface area (Å²) in [6.07, 6.45) is 3.51. The predicted octanol–water partition coefficient (Wildman–Crippen LogP) is 1.19. The van der Waals surface area contributed by atoms with Crippen LogP contribution < -0.4 is 19.9 Å². The third-order valence-electron chi connectivity index (χ3n) is 3.07. The van der Waals surface area contributed by atoms with Crippen molar-refractivity contribution in [2.45, 2.75) is 13.2 Å². The van der Waals surface area contributed by atoms with Gasteiger partial charge in [-0.3, -0.25) is 0 Å². The van der Waals surface area contributed by atoms with E-state index in [9.17, 15) is 0 Å². The molecule has 0 atom stereocenters. The Kier molecular flexibility index (Phi) is 3.00. The van der Waals surface area contributed by atoms with E-state index < -0.39 is 0 Å². The fourth-order valence-electron chi connectivity index (χ4n) is 1.93. The van der Waals surface area contributed by atoms with Crippen LogP contribution in [0.4, 0.5) is 0 Å². The van der Waals surface area contributed by atoms with Crippen LogP contribution >= 0.6 is 0 Å². The van der Waals surface area contributed by atoms with Crippen LogP contribution in [0.5, 0.6) is 17.2 Å². The van der Waals surface area contributed by atoms with Crippen molar-refractivity contribution in [3.63, 3.8) is 0 Å². The Bertz CT molecular complexity index is 595. The molecule has 6 heteroatoms. The molecule has 0 aliphatic carbocycles. The monoisotopic (exact) mass is 261 g/mol. The lowest BCUT2D eigenvalue weighted by molar-refractivity contribution is 0.173. The molecule has 0 bridgehead atoms. The van der Waals surface area contributed by atoms with Gasteiger partial charge in [-0.1, -0.05) is 0 Å². The molecule has 0 saturated carbocycles. The molecule has 0 spiro atoms. The van der Waals surface area contributed by atoms with Gasteiger partial charge in [-0.25, -0.2) is 4.98 Å². The van der Waals surface area contributed by atoms with Gasteiger partial charge in [-0.05, 0) is 6.07 Å². The van der Waals surface area contributed by atoms with Crippen LogP contribution in [0.1, 0.15) is 11.3 Å². The number of nitrogens with zero attached hydrogens (tertiary/aromatic N) is 2. The molecule has 1 aromatic heterocycles. The first kappa shape index (κ1) is 11.9. The van der Waals surface area contributed by atoms with E-state index in [0.717, 1.165) is 11.3 Å². The summed E-state index contributed by atoms with van der Waals surface area (Å²) in [7, 11) is 1.93. The highest BCUT2D eigenvalue weighted by Gasteiger charge is 2.17. The maximum atomic E-state index is 5.80. The van der Waals surface area contributed by atoms with Gasteiger partial charge in [-0.15, -0.1) is 0 Å². The number of nitrogens with two attached hydrogens (primary N) is 1. The van der Waals surface area contributed by atoms with Gasteiger partial charge in [0.05, 0.1) is 18.2 Å². The van der Waals surface area contributed by atoms with Gasteiger partial charge in [0.15, 0.2) is 11.5 Å². The number of hydrogen-bond donors (Lipinski definition) is 1. The van der Waals surface area contributed by atoms with E-state index in [-0.39, 0.29) is 6.79 Å². The summed E-state index contributed by atoms with van der Waals surface area (Å²) in [5, 5.41) is 0. The summed E-state index contributed by atoms with van der Waals surface area (Å²) in [4.78, 5) is 4.05. The Hall–Kier alpha value is -2.21. The van der Waals surface area contributed by atoms with Gasteiger partial charge in [-0.2, -0.15) is 0 Å². The Labute approximate surface area is 110 Å². The zero-order chi connectivity index (χ0) is 13.2. The third-order valence-corrected chi connectivity index (χ3v) is 3.07. The molecule has 6 nitrogen and oxygen atoms in total. The molecule has 0 saturated heterocycles. The fourth-order valence-corrected chi connectivity index (χ4v) is 1.93. The first-order chi connectivity index (χ1) is 9.28. The van der Waals surface area contributed by atoms with E-state index in [0.29, 0.717) is 30.4 Å². The Morgan fingerprint density at radius 3 is 2.84 bits per heavy atom.